The van der Waals surface area contributed by atoms with Crippen molar-refractivity contribution in [2.75, 3.05) is 5.32 Å². The number of amides is 2. The highest BCUT2D eigenvalue weighted by Crippen LogP contribution is 2.22. The number of carbonyl (C=O) groups excluding carboxylic acids is 2. The maximum absolute atomic E-state index is 12.2. The molecular weight excluding hydrogens is 380 g/mol. The average Bonchev–Trinajstić information content (AvgIpc) is 3.12. The van der Waals surface area contributed by atoms with E-state index in [1.807, 2.05) is 24.3 Å². The number of nitrogens with one attached hydrogen (secondary N) is 3. The number of benzene rings is 1. The van der Waals surface area contributed by atoms with E-state index in [2.05, 4.69) is 36.5 Å². The summed E-state index contributed by atoms with van der Waals surface area (Å²) in [6, 6.07) is 10.3. The summed E-state index contributed by atoms with van der Waals surface area (Å²) in [5, 5.41) is 5.33. The molecule has 2 aromatic heterocycles. The number of thiophene rings is 1. The predicted octanol–water partition coefficient (Wildman–Crippen LogP) is 3.14. The zero-order valence-electron chi connectivity index (χ0n) is 12.1. The Morgan fingerprint density at radius 3 is 2.74 bits per heavy atom. The Bertz CT molecular complexity index is 840. The predicted molar refractivity (Wildman–Crippen MR) is 93.7 cm³/mol. The van der Waals surface area contributed by atoms with Crippen LogP contribution in [-0.2, 0) is 4.79 Å². The standard InChI is InChI=1S/C15H13BrN4O2S/c1-8(17-14(22)11-6-7-12(16)23-11)13(21)20-15-18-9-4-2-3-5-10(9)19-15/h2-8H,1H3,(H,17,22)(H2,18,19,20,21)/t8-/m1/s1. The van der Waals surface area contributed by atoms with Crippen LogP contribution in [0.25, 0.3) is 11.0 Å². The lowest BCUT2D eigenvalue weighted by atomic mass is 10.3. The molecule has 0 unspecified atom stereocenters. The first-order chi connectivity index (χ1) is 11.0. The van der Waals surface area contributed by atoms with E-state index in [0.29, 0.717) is 10.8 Å². The topological polar surface area (TPSA) is 86.9 Å². The largest absolute Gasteiger partial charge is 0.340 e. The van der Waals surface area contributed by atoms with Gasteiger partial charge in [0.15, 0.2) is 0 Å². The van der Waals surface area contributed by atoms with Crippen LogP contribution in [0.3, 0.4) is 0 Å². The Morgan fingerprint density at radius 1 is 1.26 bits per heavy atom. The van der Waals surface area contributed by atoms with Crippen molar-refractivity contribution in [2.45, 2.75) is 13.0 Å². The number of carbonyl (C=O) groups is 2. The Hall–Kier alpha value is -2.19. The van der Waals surface area contributed by atoms with Crippen molar-refractivity contribution >= 4 is 56.1 Å². The van der Waals surface area contributed by atoms with Gasteiger partial charge in [-0.05, 0) is 47.1 Å². The fraction of sp³-hybridized carbons (Fsp3) is 0.133. The Balaban J connectivity index is 1.64. The number of H-pyrrole nitrogens is 1. The summed E-state index contributed by atoms with van der Waals surface area (Å²) in [6.45, 7) is 1.62. The van der Waals surface area contributed by atoms with Crippen LogP contribution in [0.15, 0.2) is 40.2 Å². The van der Waals surface area contributed by atoms with Crippen molar-refractivity contribution in [3.05, 3.63) is 45.1 Å². The molecule has 3 N–H and O–H groups in total. The highest BCUT2D eigenvalue weighted by molar-refractivity contribution is 9.11. The third kappa shape index (κ3) is 3.59. The fourth-order valence-electron chi connectivity index (χ4n) is 2.01. The second-order valence-electron chi connectivity index (χ2n) is 4.89. The van der Waals surface area contributed by atoms with Crippen LogP contribution in [0.2, 0.25) is 0 Å². The third-order valence-electron chi connectivity index (χ3n) is 3.17. The number of aromatic nitrogens is 2. The molecule has 0 radical (unpaired) electrons. The zero-order chi connectivity index (χ0) is 16.4. The SMILES string of the molecule is C[C@@H](NC(=O)c1ccc(Br)s1)C(=O)Nc1nc2ccccc2[nH]1. The van der Waals surface area contributed by atoms with Gasteiger partial charge >= 0.3 is 0 Å². The minimum absolute atomic E-state index is 0.284. The lowest BCUT2D eigenvalue weighted by molar-refractivity contribution is -0.117. The molecule has 1 aromatic carbocycles. The normalized spacial score (nSPS) is 12.1. The number of halogens is 1. The van der Waals surface area contributed by atoms with Gasteiger partial charge in [-0.2, -0.15) is 0 Å². The number of aromatic amines is 1. The molecule has 0 spiro atoms. The first-order valence-electron chi connectivity index (χ1n) is 6.85. The number of rotatable bonds is 4. The molecule has 3 rings (SSSR count). The van der Waals surface area contributed by atoms with Gasteiger partial charge in [-0.1, -0.05) is 12.1 Å². The number of fused-ring (bicyclic) bond motifs is 1. The van der Waals surface area contributed by atoms with Crippen molar-refractivity contribution in [2.24, 2.45) is 0 Å². The summed E-state index contributed by atoms with van der Waals surface area (Å²) in [7, 11) is 0. The van der Waals surface area contributed by atoms with E-state index in [0.717, 1.165) is 14.8 Å². The van der Waals surface area contributed by atoms with Crippen molar-refractivity contribution in [1.29, 1.82) is 0 Å². The molecule has 8 heteroatoms. The number of hydrogen-bond donors (Lipinski definition) is 3. The summed E-state index contributed by atoms with van der Waals surface area (Å²) >= 11 is 4.61. The van der Waals surface area contributed by atoms with Gasteiger partial charge in [0.05, 0.1) is 19.7 Å². The van der Waals surface area contributed by atoms with Gasteiger partial charge in [-0.15, -0.1) is 11.3 Å². The van der Waals surface area contributed by atoms with E-state index in [1.165, 1.54) is 11.3 Å². The monoisotopic (exact) mass is 392 g/mol. The van der Waals surface area contributed by atoms with E-state index in [9.17, 15) is 9.59 Å². The van der Waals surface area contributed by atoms with Gasteiger partial charge < -0.3 is 10.3 Å². The molecule has 6 nitrogen and oxygen atoms in total. The summed E-state index contributed by atoms with van der Waals surface area (Å²) in [6.07, 6.45) is 0. The molecule has 2 heterocycles. The highest BCUT2D eigenvalue weighted by Gasteiger charge is 2.18. The molecule has 0 aliphatic rings. The lowest BCUT2D eigenvalue weighted by Gasteiger charge is -2.12. The zero-order valence-corrected chi connectivity index (χ0v) is 14.5. The van der Waals surface area contributed by atoms with Crippen LogP contribution in [0, 0.1) is 0 Å². The minimum atomic E-state index is -0.684. The van der Waals surface area contributed by atoms with Crippen LogP contribution in [-0.4, -0.2) is 27.8 Å². The van der Waals surface area contributed by atoms with Crippen LogP contribution in [0.5, 0.6) is 0 Å². The number of hydrogen-bond acceptors (Lipinski definition) is 4. The Labute approximate surface area is 144 Å². The smallest absolute Gasteiger partial charge is 0.262 e. The van der Waals surface area contributed by atoms with Crippen LogP contribution < -0.4 is 10.6 Å². The summed E-state index contributed by atoms with van der Waals surface area (Å²) in [5.74, 6) is -0.267. The molecule has 118 valence electrons. The minimum Gasteiger partial charge on any atom is -0.340 e. The number of anilines is 1. The number of para-hydroxylation sites is 2. The summed E-state index contributed by atoms with van der Waals surface area (Å²) in [4.78, 5) is 32.0. The van der Waals surface area contributed by atoms with Gasteiger partial charge in [0.25, 0.3) is 5.91 Å². The third-order valence-corrected chi connectivity index (χ3v) is 4.79. The number of nitrogens with zero attached hydrogens (tertiary/aromatic N) is 1. The molecule has 0 saturated carbocycles. The first-order valence-corrected chi connectivity index (χ1v) is 8.45. The average molecular weight is 393 g/mol. The number of imidazole rings is 1. The molecule has 1 atom stereocenters. The van der Waals surface area contributed by atoms with E-state index in [4.69, 9.17) is 0 Å². The van der Waals surface area contributed by atoms with E-state index >= 15 is 0 Å². The van der Waals surface area contributed by atoms with Crippen LogP contribution >= 0.6 is 27.3 Å². The van der Waals surface area contributed by atoms with Crippen molar-refractivity contribution in [3.8, 4) is 0 Å². The molecule has 2 amide bonds. The quantitative estimate of drug-likeness (QED) is 0.637. The van der Waals surface area contributed by atoms with Crippen molar-refractivity contribution in [1.82, 2.24) is 15.3 Å². The molecular formula is C15H13BrN4O2S. The van der Waals surface area contributed by atoms with Crippen molar-refractivity contribution in [3.63, 3.8) is 0 Å². The Kier molecular flexibility index (Phi) is 4.44. The second-order valence-corrected chi connectivity index (χ2v) is 7.35. The molecule has 0 saturated heterocycles. The molecule has 0 aliphatic carbocycles. The van der Waals surface area contributed by atoms with Gasteiger partial charge in [0.2, 0.25) is 11.9 Å². The van der Waals surface area contributed by atoms with Gasteiger partial charge in [0.1, 0.15) is 6.04 Å². The van der Waals surface area contributed by atoms with Crippen LogP contribution in [0.1, 0.15) is 16.6 Å². The molecule has 0 aliphatic heterocycles. The van der Waals surface area contributed by atoms with Crippen LogP contribution in [0.4, 0.5) is 5.95 Å². The first kappa shape index (κ1) is 15.7. The maximum Gasteiger partial charge on any atom is 0.262 e. The molecule has 0 fully saturated rings. The summed E-state index contributed by atoms with van der Waals surface area (Å²) in [5.41, 5.74) is 1.60. The van der Waals surface area contributed by atoms with E-state index in [-0.39, 0.29) is 11.8 Å². The van der Waals surface area contributed by atoms with Gasteiger partial charge in [0, 0.05) is 0 Å². The maximum atomic E-state index is 12.2. The van der Waals surface area contributed by atoms with E-state index in [1.54, 1.807) is 19.1 Å². The molecule has 0 bridgehead atoms. The highest BCUT2D eigenvalue weighted by atomic mass is 79.9. The van der Waals surface area contributed by atoms with E-state index < -0.39 is 6.04 Å². The fourth-order valence-corrected chi connectivity index (χ4v) is 3.30. The summed E-state index contributed by atoms with van der Waals surface area (Å²) < 4.78 is 0.863. The lowest BCUT2D eigenvalue weighted by Crippen LogP contribution is -2.41. The van der Waals surface area contributed by atoms with Gasteiger partial charge in [-0.3, -0.25) is 14.9 Å². The molecule has 3 aromatic rings. The second kappa shape index (κ2) is 6.51. The molecule has 23 heavy (non-hydrogen) atoms. The van der Waals surface area contributed by atoms with Gasteiger partial charge in [-0.25, -0.2) is 4.98 Å². The van der Waals surface area contributed by atoms with Crippen molar-refractivity contribution < 1.29 is 9.59 Å². The Morgan fingerprint density at radius 2 is 2.04 bits per heavy atom.